The van der Waals surface area contributed by atoms with Crippen LogP contribution in [0.25, 0.3) is 0 Å². The van der Waals surface area contributed by atoms with Crippen molar-refractivity contribution in [2.24, 2.45) is 0 Å². The van der Waals surface area contributed by atoms with Crippen LogP contribution in [0.4, 0.5) is 5.95 Å². The summed E-state index contributed by atoms with van der Waals surface area (Å²) in [5.74, 6) is -0.169. The van der Waals surface area contributed by atoms with Crippen LogP contribution in [-0.4, -0.2) is 32.3 Å². The molecule has 0 spiro atoms. The molecule has 0 saturated heterocycles. The molecule has 19 heavy (non-hydrogen) atoms. The Bertz CT molecular complexity index is 629. The Morgan fingerprint density at radius 2 is 2.42 bits per heavy atom. The van der Waals surface area contributed by atoms with E-state index >= 15 is 0 Å². The lowest BCUT2D eigenvalue weighted by Crippen LogP contribution is -2.25. The van der Waals surface area contributed by atoms with Crippen LogP contribution >= 0.6 is 11.3 Å². The molecule has 2 rings (SSSR count). The van der Waals surface area contributed by atoms with E-state index in [1.807, 2.05) is 0 Å². The predicted octanol–water partition coefficient (Wildman–Crippen LogP) is 0.374. The lowest BCUT2D eigenvalue weighted by Gasteiger charge is -2.03. The van der Waals surface area contributed by atoms with E-state index in [0.717, 1.165) is 17.0 Å². The number of nitrogens with one attached hydrogen (secondary N) is 2. The van der Waals surface area contributed by atoms with Crippen LogP contribution in [0.3, 0.4) is 0 Å². The zero-order valence-corrected chi connectivity index (χ0v) is 11.3. The van der Waals surface area contributed by atoms with Crippen molar-refractivity contribution in [3.8, 4) is 6.01 Å². The number of carbonyl (C=O) groups is 1. The highest BCUT2D eigenvalue weighted by Crippen LogP contribution is 2.06. The maximum Gasteiger partial charge on any atom is 0.337 e. The first-order valence-electron chi connectivity index (χ1n) is 5.60. The van der Waals surface area contributed by atoms with E-state index in [4.69, 9.17) is 4.74 Å². The molecule has 8 nitrogen and oxygen atoms in total. The lowest BCUT2D eigenvalue weighted by atomic mass is 10.5. The number of H-pyrrole nitrogens is 1. The SMILES string of the molecule is CCOc1n[nH]c(NC(=O)Cn2c(C)csc2=O)n1. The van der Waals surface area contributed by atoms with Crippen LogP contribution in [0.5, 0.6) is 6.01 Å². The summed E-state index contributed by atoms with van der Waals surface area (Å²) in [4.78, 5) is 27.0. The zero-order valence-electron chi connectivity index (χ0n) is 10.5. The van der Waals surface area contributed by atoms with Crippen LogP contribution in [0.1, 0.15) is 12.6 Å². The molecule has 2 heterocycles. The van der Waals surface area contributed by atoms with Crippen molar-refractivity contribution in [1.29, 1.82) is 0 Å². The highest BCUT2D eigenvalue weighted by molar-refractivity contribution is 7.07. The van der Waals surface area contributed by atoms with Gasteiger partial charge in [0.05, 0.1) is 6.61 Å². The van der Waals surface area contributed by atoms with Crippen molar-refractivity contribution in [2.75, 3.05) is 11.9 Å². The number of anilines is 1. The number of carbonyl (C=O) groups excluding carboxylic acids is 1. The zero-order chi connectivity index (χ0) is 13.8. The first-order chi connectivity index (χ1) is 9.10. The fourth-order valence-corrected chi connectivity index (χ4v) is 2.14. The summed E-state index contributed by atoms with van der Waals surface area (Å²) in [6.45, 7) is 3.96. The van der Waals surface area contributed by atoms with Crippen LogP contribution in [0.2, 0.25) is 0 Å². The van der Waals surface area contributed by atoms with E-state index in [1.54, 1.807) is 19.2 Å². The third-order valence-corrected chi connectivity index (χ3v) is 3.16. The number of aromatic nitrogens is 4. The second kappa shape index (κ2) is 5.65. The molecular weight excluding hydrogens is 270 g/mol. The Morgan fingerprint density at radius 3 is 3.05 bits per heavy atom. The minimum Gasteiger partial charge on any atom is -0.463 e. The van der Waals surface area contributed by atoms with Gasteiger partial charge in [0.25, 0.3) is 0 Å². The molecule has 0 aliphatic rings. The van der Waals surface area contributed by atoms with E-state index in [0.29, 0.717) is 6.61 Å². The molecule has 0 fully saturated rings. The summed E-state index contributed by atoms with van der Waals surface area (Å²) in [5, 5.41) is 10.5. The molecule has 0 aliphatic heterocycles. The van der Waals surface area contributed by atoms with Crippen molar-refractivity contribution in [2.45, 2.75) is 20.4 Å². The number of rotatable bonds is 5. The summed E-state index contributed by atoms with van der Waals surface area (Å²) < 4.78 is 6.44. The third-order valence-electron chi connectivity index (χ3n) is 2.27. The fraction of sp³-hybridized carbons (Fsp3) is 0.400. The Balaban J connectivity index is 1.99. The van der Waals surface area contributed by atoms with Gasteiger partial charge in [-0.05, 0) is 13.8 Å². The monoisotopic (exact) mass is 283 g/mol. The normalized spacial score (nSPS) is 10.4. The topological polar surface area (TPSA) is 102 Å². The molecule has 0 aliphatic carbocycles. The number of thiazole rings is 1. The van der Waals surface area contributed by atoms with Crippen LogP contribution in [0, 0.1) is 6.92 Å². The Labute approximate surface area is 112 Å². The highest BCUT2D eigenvalue weighted by Gasteiger charge is 2.11. The van der Waals surface area contributed by atoms with Gasteiger partial charge in [0.2, 0.25) is 11.9 Å². The highest BCUT2D eigenvalue weighted by atomic mass is 32.1. The van der Waals surface area contributed by atoms with Crippen molar-refractivity contribution in [1.82, 2.24) is 19.7 Å². The predicted molar refractivity (Wildman–Crippen MR) is 69.5 cm³/mol. The minimum absolute atomic E-state index is 0.0567. The second-order valence-corrected chi connectivity index (χ2v) is 4.50. The summed E-state index contributed by atoms with van der Waals surface area (Å²) in [6, 6.07) is 0.168. The van der Waals surface area contributed by atoms with Gasteiger partial charge >= 0.3 is 10.9 Å². The van der Waals surface area contributed by atoms with Crippen LogP contribution in [0.15, 0.2) is 10.2 Å². The summed E-state index contributed by atoms with van der Waals surface area (Å²) >= 11 is 1.06. The summed E-state index contributed by atoms with van der Waals surface area (Å²) in [7, 11) is 0. The molecule has 0 saturated carbocycles. The van der Waals surface area contributed by atoms with Gasteiger partial charge in [-0.3, -0.25) is 19.5 Å². The molecule has 2 aromatic heterocycles. The molecule has 0 bridgehead atoms. The van der Waals surface area contributed by atoms with Crippen LogP contribution < -0.4 is 14.9 Å². The Morgan fingerprint density at radius 1 is 1.63 bits per heavy atom. The number of ether oxygens (including phenoxy) is 1. The van der Waals surface area contributed by atoms with Crippen molar-refractivity contribution < 1.29 is 9.53 Å². The quantitative estimate of drug-likeness (QED) is 0.825. The van der Waals surface area contributed by atoms with Gasteiger partial charge in [-0.2, -0.15) is 4.98 Å². The molecule has 0 aromatic carbocycles. The smallest absolute Gasteiger partial charge is 0.337 e. The third kappa shape index (κ3) is 3.19. The maximum absolute atomic E-state index is 11.8. The van der Waals surface area contributed by atoms with Crippen molar-refractivity contribution in [3.63, 3.8) is 0 Å². The van der Waals surface area contributed by atoms with Gasteiger partial charge in [-0.1, -0.05) is 11.3 Å². The van der Waals surface area contributed by atoms with Crippen molar-refractivity contribution in [3.05, 3.63) is 20.7 Å². The molecule has 2 N–H and O–H groups in total. The lowest BCUT2D eigenvalue weighted by molar-refractivity contribution is -0.116. The van der Waals surface area contributed by atoms with Crippen LogP contribution in [-0.2, 0) is 11.3 Å². The maximum atomic E-state index is 11.8. The molecule has 2 aromatic rings. The van der Waals surface area contributed by atoms with E-state index in [1.165, 1.54) is 4.57 Å². The van der Waals surface area contributed by atoms with Crippen molar-refractivity contribution >= 4 is 23.2 Å². The van der Waals surface area contributed by atoms with E-state index in [2.05, 4.69) is 20.5 Å². The molecule has 9 heteroatoms. The minimum atomic E-state index is -0.359. The molecule has 0 radical (unpaired) electrons. The van der Waals surface area contributed by atoms with E-state index in [9.17, 15) is 9.59 Å². The van der Waals surface area contributed by atoms with Gasteiger partial charge in [0.15, 0.2) is 0 Å². The number of amides is 1. The number of nitrogens with zero attached hydrogens (tertiary/aromatic N) is 3. The average Bonchev–Trinajstić information content (AvgIpc) is 2.91. The van der Waals surface area contributed by atoms with Gasteiger partial charge in [-0.25, -0.2) is 5.10 Å². The van der Waals surface area contributed by atoms with Gasteiger partial charge < -0.3 is 4.74 Å². The van der Waals surface area contributed by atoms with E-state index < -0.39 is 0 Å². The van der Waals surface area contributed by atoms with Gasteiger partial charge in [0.1, 0.15) is 6.54 Å². The number of aryl methyl sites for hydroxylation is 1. The fourth-order valence-electron chi connectivity index (χ4n) is 1.41. The van der Waals surface area contributed by atoms with Gasteiger partial charge in [-0.15, -0.1) is 5.10 Å². The molecule has 0 unspecified atom stereocenters. The average molecular weight is 283 g/mol. The number of hydrogen-bond acceptors (Lipinski definition) is 6. The van der Waals surface area contributed by atoms with E-state index in [-0.39, 0.29) is 29.3 Å². The Kier molecular flexibility index (Phi) is 3.95. The largest absolute Gasteiger partial charge is 0.463 e. The second-order valence-electron chi connectivity index (χ2n) is 3.68. The number of hydrogen-bond donors (Lipinski definition) is 2. The van der Waals surface area contributed by atoms with Gasteiger partial charge in [0, 0.05) is 11.1 Å². The first kappa shape index (κ1) is 13.3. The summed E-state index contributed by atoms with van der Waals surface area (Å²) in [6.07, 6.45) is 0. The molecular formula is C10H13N5O3S. The molecule has 0 atom stereocenters. The Hall–Kier alpha value is -2.16. The first-order valence-corrected chi connectivity index (χ1v) is 6.48. The molecule has 1 amide bonds. The molecule has 102 valence electrons. The standard InChI is InChI=1S/C10H13N5O3S/c1-3-18-9-12-8(13-14-9)11-7(16)4-15-6(2)5-19-10(15)17/h5H,3-4H2,1-2H3,(H2,11,12,13,14,16). The number of aromatic amines is 1. The summed E-state index contributed by atoms with van der Waals surface area (Å²) in [5.41, 5.74) is 0.748.